The van der Waals surface area contributed by atoms with Crippen LogP contribution in [-0.2, 0) is 0 Å². The number of hydrogen-bond donors (Lipinski definition) is 1. The van der Waals surface area contributed by atoms with Crippen LogP contribution in [0, 0.1) is 0 Å². The average Bonchev–Trinajstić information content (AvgIpc) is 2.42. The molecule has 0 saturated heterocycles. The van der Waals surface area contributed by atoms with Crippen LogP contribution in [0.5, 0.6) is 5.75 Å². The highest BCUT2D eigenvalue weighted by atomic mass is 79.9. The van der Waals surface area contributed by atoms with Crippen LogP contribution in [-0.4, -0.2) is 5.11 Å². The first-order valence-corrected chi connectivity index (χ1v) is 7.43. The van der Waals surface area contributed by atoms with Gasteiger partial charge in [0.25, 0.3) is 0 Å². The fraction of sp³-hybridized carbons (Fsp3) is 0. The number of halogens is 1. The van der Waals surface area contributed by atoms with Crippen molar-refractivity contribution in [3.63, 3.8) is 0 Å². The van der Waals surface area contributed by atoms with Crippen LogP contribution in [0.4, 0.5) is 0 Å². The molecule has 3 aromatic rings. The van der Waals surface area contributed by atoms with Gasteiger partial charge < -0.3 is 9.52 Å². The Morgan fingerprint density at radius 2 is 1.80 bits per heavy atom. The quantitative estimate of drug-likeness (QED) is 0.696. The summed E-state index contributed by atoms with van der Waals surface area (Å²) in [5.74, 6) is 0.143. The first-order valence-electron chi connectivity index (χ1n) is 5.82. The Balaban J connectivity index is 2.12. The molecule has 0 amide bonds. The Morgan fingerprint density at radius 1 is 1.05 bits per heavy atom. The maximum absolute atomic E-state index is 11.6. The van der Waals surface area contributed by atoms with E-state index in [9.17, 15) is 9.90 Å². The fourth-order valence-corrected chi connectivity index (χ4v) is 3.05. The van der Waals surface area contributed by atoms with Gasteiger partial charge in [-0.1, -0.05) is 27.7 Å². The maximum Gasteiger partial charge on any atom is 0.337 e. The molecule has 0 bridgehead atoms. The van der Waals surface area contributed by atoms with E-state index in [4.69, 9.17) is 4.42 Å². The number of phenolic OH excluding ortho intramolecular Hbond substituents is 1. The van der Waals surface area contributed by atoms with Gasteiger partial charge in [-0.05, 0) is 42.5 Å². The van der Waals surface area contributed by atoms with Crippen molar-refractivity contribution in [3.05, 3.63) is 63.4 Å². The first-order chi connectivity index (χ1) is 9.61. The Bertz CT molecular complexity index is 825. The van der Waals surface area contributed by atoms with E-state index >= 15 is 0 Å². The molecule has 1 N–H and O–H groups in total. The van der Waals surface area contributed by atoms with Gasteiger partial charge in [-0.15, -0.1) is 0 Å². The molecule has 20 heavy (non-hydrogen) atoms. The maximum atomic E-state index is 11.6. The van der Waals surface area contributed by atoms with Crippen LogP contribution in [0.1, 0.15) is 0 Å². The minimum absolute atomic E-state index is 0.143. The van der Waals surface area contributed by atoms with E-state index in [1.165, 1.54) is 23.9 Å². The lowest BCUT2D eigenvalue weighted by Crippen LogP contribution is -1.97. The van der Waals surface area contributed by atoms with Crippen molar-refractivity contribution in [2.75, 3.05) is 0 Å². The highest BCUT2D eigenvalue weighted by molar-refractivity contribution is 9.10. The lowest BCUT2D eigenvalue weighted by Gasteiger charge is -2.05. The summed E-state index contributed by atoms with van der Waals surface area (Å²) >= 11 is 4.84. The van der Waals surface area contributed by atoms with Crippen molar-refractivity contribution in [2.24, 2.45) is 0 Å². The van der Waals surface area contributed by atoms with Gasteiger partial charge in [0, 0.05) is 25.7 Å². The van der Waals surface area contributed by atoms with Gasteiger partial charge >= 0.3 is 5.63 Å². The van der Waals surface area contributed by atoms with Gasteiger partial charge in [0.15, 0.2) is 0 Å². The minimum atomic E-state index is -0.400. The second-order valence-corrected chi connectivity index (χ2v) is 6.20. The molecule has 0 saturated carbocycles. The van der Waals surface area contributed by atoms with Crippen molar-refractivity contribution in [1.82, 2.24) is 0 Å². The number of fused-ring (bicyclic) bond motifs is 1. The van der Waals surface area contributed by atoms with E-state index < -0.39 is 5.63 Å². The van der Waals surface area contributed by atoms with Crippen LogP contribution < -0.4 is 5.63 Å². The molecule has 0 unspecified atom stereocenters. The van der Waals surface area contributed by atoms with E-state index in [0.717, 1.165) is 19.6 Å². The molecule has 100 valence electrons. The van der Waals surface area contributed by atoms with E-state index in [0.29, 0.717) is 5.58 Å². The van der Waals surface area contributed by atoms with Crippen LogP contribution in [0.3, 0.4) is 0 Å². The topological polar surface area (TPSA) is 50.4 Å². The smallest absolute Gasteiger partial charge is 0.337 e. The van der Waals surface area contributed by atoms with E-state index in [1.807, 2.05) is 24.3 Å². The SMILES string of the molecule is O=c1cc(Sc2ccc(Br)cc2)c2cc(O)ccc2o1. The van der Waals surface area contributed by atoms with Crippen LogP contribution in [0.25, 0.3) is 11.0 Å². The molecule has 1 heterocycles. The van der Waals surface area contributed by atoms with Gasteiger partial charge in [0.2, 0.25) is 0 Å². The summed E-state index contributed by atoms with van der Waals surface area (Å²) in [6.45, 7) is 0. The summed E-state index contributed by atoms with van der Waals surface area (Å²) in [5, 5.41) is 10.3. The zero-order valence-corrected chi connectivity index (χ0v) is 12.6. The molecule has 0 aliphatic heterocycles. The summed E-state index contributed by atoms with van der Waals surface area (Å²) in [6.07, 6.45) is 0. The third-order valence-corrected chi connectivity index (χ3v) is 4.32. The third-order valence-electron chi connectivity index (χ3n) is 2.73. The molecule has 0 radical (unpaired) electrons. The normalized spacial score (nSPS) is 10.8. The van der Waals surface area contributed by atoms with E-state index in [1.54, 1.807) is 12.1 Å². The molecule has 3 nitrogen and oxygen atoms in total. The van der Waals surface area contributed by atoms with Gasteiger partial charge in [0.1, 0.15) is 11.3 Å². The van der Waals surface area contributed by atoms with Gasteiger partial charge in [-0.25, -0.2) is 4.79 Å². The highest BCUT2D eigenvalue weighted by Gasteiger charge is 2.08. The molecule has 0 fully saturated rings. The van der Waals surface area contributed by atoms with Crippen molar-refractivity contribution in [1.29, 1.82) is 0 Å². The van der Waals surface area contributed by atoms with Gasteiger partial charge in [-0.2, -0.15) is 0 Å². The predicted molar refractivity (Wildman–Crippen MR) is 82.4 cm³/mol. The number of aromatic hydroxyl groups is 1. The Hall–Kier alpha value is -1.72. The summed E-state index contributed by atoms with van der Waals surface area (Å²) in [7, 11) is 0. The average molecular weight is 349 g/mol. The standard InChI is InChI=1S/C15H9BrO3S/c16-9-1-4-11(5-2-9)20-14-8-15(18)19-13-6-3-10(17)7-12(13)14/h1-8,17H. The predicted octanol–water partition coefficient (Wildman–Crippen LogP) is 4.41. The molecule has 0 atom stereocenters. The minimum Gasteiger partial charge on any atom is -0.508 e. The summed E-state index contributed by atoms with van der Waals surface area (Å²) in [4.78, 5) is 13.3. The van der Waals surface area contributed by atoms with Crippen LogP contribution >= 0.6 is 27.7 Å². The highest BCUT2D eigenvalue weighted by Crippen LogP contribution is 2.34. The zero-order valence-electron chi connectivity index (χ0n) is 10.2. The number of benzene rings is 2. The summed E-state index contributed by atoms with van der Waals surface area (Å²) in [5.41, 5.74) is 0.0673. The molecule has 0 aliphatic rings. The number of phenols is 1. The molecule has 1 aromatic heterocycles. The summed E-state index contributed by atoms with van der Waals surface area (Å²) < 4.78 is 6.12. The van der Waals surface area contributed by atoms with Crippen LogP contribution in [0.2, 0.25) is 0 Å². The fourth-order valence-electron chi connectivity index (χ4n) is 1.84. The monoisotopic (exact) mass is 348 g/mol. The molecule has 0 spiro atoms. The van der Waals surface area contributed by atoms with E-state index in [-0.39, 0.29) is 5.75 Å². The van der Waals surface area contributed by atoms with Crippen LogP contribution in [0.15, 0.2) is 72.0 Å². The van der Waals surface area contributed by atoms with Gasteiger partial charge in [-0.3, -0.25) is 0 Å². The zero-order chi connectivity index (χ0) is 14.1. The van der Waals surface area contributed by atoms with Crippen molar-refractivity contribution >= 4 is 38.7 Å². The molecular weight excluding hydrogens is 340 g/mol. The number of hydrogen-bond acceptors (Lipinski definition) is 4. The Labute approximate surface area is 127 Å². The molecule has 3 rings (SSSR count). The number of rotatable bonds is 2. The summed E-state index contributed by atoms with van der Waals surface area (Å²) in [6, 6.07) is 13.9. The first kappa shape index (κ1) is 13.3. The molecular formula is C15H9BrO3S. The Kier molecular flexibility index (Phi) is 3.54. The molecule has 2 aromatic carbocycles. The Morgan fingerprint density at radius 3 is 2.55 bits per heavy atom. The largest absolute Gasteiger partial charge is 0.508 e. The molecule has 5 heteroatoms. The van der Waals surface area contributed by atoms with Gasteiger partial charge in [0.05, 0.1) is 0 Å². The van der Waals surface area contributed by atoms with E-state index in [2.05, 4.69) is 15.9 Å². The van der Waals surface area contributed by atoms with Crippen molar-refractivity contribution < 1.29 is 9.52 Å². The lowest BCUT2D eigenvalue weighted by atomic mass is 10.2. The second kappa shape index (κ2) is 5.34. The van der Waals surface area contributed by atoms with Crippen molar-refractivity contribution in [2.45, 2.75) is 9.79 Å². The second-order valence-electron chi connectivity index (χ2n) is 4.17. The van der Waals surface area contributed by atoms with Crippen molar-refractivity contribution in [3.8, 4) is 5.75 Å². The lowest BCUT2D eigenvalue weighted by molar-refractivity contribution is 0.475. The molecule has 0 aliphatic carbocycles. The third kappa shape index (κ3) is 2.73.